The zero-order chi connectivity index (χ0) is 17.9. The van der Waals surface area contributed by atoms with Crippen molar-refractivity contribution in [2.75, 3.05) is 0 Å². The molecular weight excluding hydrogens is 328 g/mol. The Morgan fingerprint density at radius 1 is 1.33 bits per heavy atom. The van der Waals surface area contributed by atoms with Gasteiger partial charge in [0.05, 0.1) is 12.6 Å². The van der Waals surface area contributed by atoms with Crippen molar-refractivity contribution in [3.8, 4) is 0 Å². The molecule has 2 atom stereocenters. The molecule has 2 N–H and O–H groups in total. The number of aromatic nitrogens is 1. The second kappa shape index (κ2) is 7.20. The first-order valence-corrected chi connectivity index (χ1v) is 8.04. The van der Waals surface area contributed by atoms with Gasteiger partial charge in [-0.3, -0.25) is 9.59 Å². The van der Waals surface area contributed by atoms with Gasteiger partial charge in [0.1, 0.15) is 0 Å². The normalized spacial score (nSPS) is 14.7. The summed E-state index contributed by atoms with van der Waals surface area (Å²) < 4.78 is 1.38. The van der Waals surface area contributed by atoms with Gasteiger partial charge in [0.2, 0.25) is 0 Å². The molecule has 24 heavy (non-hydrogen) atoms. The van der Waals surface area contributed by atoms with Crippen LogP contribution in [0.5, 0.6) is 0 Å². The van der Waals surface area contributed by atoms with Crippen LogP contribution in [0.3, 0.4) is 0 Å². The number of aliphatic hydroxyl groups is 1. The Morgan fingerprint density at radius 3 is 2.62 bits per heavy atom. The quantitative estimate of drug-likeness (QED) is 0.871. The Kier molecular flexibility index (Phi) is 5.47. The van der Waals surface area contributed by atoms with E-state index in [1.165, 1.54) is 17.6 Å². The maximum Gasteiger partial charge on any atom is 0.254 e. The van der Waals surface area contributed by atoms with Crippen molar-refractivity contribution in [1.82, 2.24) is 9.88 Å². The molecule has 2 aromatic rings. The highest BCUT2D eigenvalue weighted by atomic mass is 35.5. The molecule has 0 aliphatic rings. The van der Waals surface area contributed by atoms with Gasteiger partial charge in [0.15, 0.2) is 5.60 Å². The van der Waals surface area contributed by atoms with Crippen molar-refractivity contribution in [3.05, 3.63) is 69.1 Å². The first-order chi connectivity index (χ1) is 11.2. The molecule has 1 heterocycles. The minimum Gasteiger partial charge on any atom is -0.378 e. The summed E-state index contributed by atoms with van der Waals surface area (Å²) in [6, 6.07) is 11.6. The molecule has 1 aromatic carbocycles. The number of nitrogens with one attached hydrogen (secondary N) is 1. The molecule has 0 aliphatic heterocycles. The van der Waals surface area contributed by atoms with Crippen molar-refractivity contribution in [1.29, 1.82) is 0 Å². The third-order valence-electron chi connectivity index (χ3n) is 3.92. The van der Waals surface area contributed by atoms with E-state index < -0.39 is 11.5 Å². The third-order valence-corrected chi connectivity index (χ3v) is 4.15. The minimum absolute atomic E-state index is 0.118. The van der Waals surface area contributed by atoms with Crippen molar-refractivity contribution in [2.24, 2.45) is 0 Å². The molecule has 6 heteroatoms. The predicted molar refractivity (Wildman–Crippen MR) is 94.1 cm³/mol. The number of halogens is 1. The Labute approximate surface area is 145 Å². The first-order valence-electron chi connectivity index (χ1n) is 7.66. The van der Waals surface area contributed by atoms with Crippen molar-refractivity contribution < 1.29 is 9.90 Å². The molecule has 2 rings (SSSR count). The fraction of sp³-hybridized carbons (Fsp3) is 0.333. The Balaban J connectivity index is 2.14. The number of carbonyl (C=O) groups excluding carboxylic acids is 1. The van der Waals surface area contributed by atoms with E-state index in [1.807, 2.05) is 6.07 Å². The second-order valence-corrected chi connectivity index (χ2v) is 6.55. The van der Waals surface area contributed by atoms with E-state index in [0.29, 0.717) is 10.7 Å². The number of hydrogen-bond donors (Lipinski definition) is 2. The van der Waals surface area contributed by atoms with Gasteiger partial charge in [-0.25, -0.2) is 0 Å². The summed E-state index contributed by atoms with van der Waals surface area (Å²) in [4.78, 5) is 24.4. The van der Waals surface area contributed by atoms with Crippen LogP contribution in [0.1, 0.15) is 31.1 Å². The molecule has 1 amide bonds. The number of rotatable bonds is 5. The van der Waals surface area contributed by atoms with Gasteiger partial charge in [-0.1, -0.05) is 29.8 Å². The van der Waals surface area contributed by atoms with E-state index in [0.717, 1.165) is 5.56 Å². The average molecular weight is 349 g/mol. The summed E-state index contributed by atoms with van der Waals surface area (Å²) in [6.07, 6.45) is 0. The summed E-state index contributed by atoms with van der Waals surface area (Å²) in [7, 11) is 0. The molecule has 1 aromatic heterocycles. The zero-order valence-corrected chi connectivity index (χ0v) is 14.7. The van der Waals surface area contributed by atoms with E-state index in [1.54, 1.807) is 44.2 Å². The van der Waals surface area contributed by atoms with Gasteiger partial charge < -0.3 is 15.0 Å². The lowest BCUT2D eigenvalue weighted by molar-refractivity contribution is -0.140. The summed E-state index contributed by atoms with van der Waals surface area (Å²) in [5, 5.41) is 13.9. The summed E-state index contributed by atoms with van der Waals surface area (Å²) in [6.45, 7) is 4.84. The second-order valence-electron chi connectivity index (χ2n) is 6.12. The topological polar surface area (TPSA) is 71.3 Å². The van der Waals surface area contributed by atoms with Crippen molar-refractivity contribution in [3.63, 3.8) is 0 Å². The SMILES string of the molecule is Cc1cccc(=O)n1C[C@@](C)(O)C(=O)N[C@@H](C)c1cccc(Cl)c1. The molecule has 5 nitrogen and oxygen atoms in total. The van der Waals surface area contributed by atoms with Gasteiger partial charge in [-0.05, 0) is 44.5 Å². The number of amides is 1. The highest BCUT2D eigenvalue weighted by Gasteiger charge is 2.32. The van der Waals surface area contributed by atoms with E-state index in [4.69, 9.17) is 11.6 Å². The molecule has 0 saturated heterocycles. The van der Waals surface area contributed by atoms with Crippen LogP contribution < -0.4 is 10.9 Å². The lowest BCUT2D eigenvalue weighted by Crippen LogP contribution is -2.49. The number of pyridine rings is 1. The minimum atomic E-state index is -1.72. The number of hydrogen-bond acceptors (Lipinski definition) is 3. The fourth-order valence-electron chi connectivity index (χ4n) is 2.42. The lowest BCUT2D eigenvalue weighted by Gasteiger charge is -2.26. The molecule has 0 radical (unpaired) electrons. The van der Waals surface area contributed by atoms with Gasteiger partial charge in [0, 0.05) is 16.8 Å². The Bertz CT molecular complexity index is 799. The number of aryl methyl sites for hydroxylation is 1. The van der Waals surface area contributed by atoms with Crippen LogP contribution in [0.25, 0.3) is 0 Å². The van der Waals surface area contributed by atoms with Crippen molar-refractivity contribution in [2.45, 2.75) is 39.0 Å². The highest BCUT2D eigenvalue weighted by molar-refractivity contribution is 6.30. The smallest absolute Gasteiger partial charge is 0.254 e. The maximum absolute atomic E-state index is 12.5. The third kappa shape index (κ3) is 4.24. The highest BCUT2D eigenvalue weighted by Crippen LogP contribution is 2.18. The maximum atomic E-state index is 12.5. The fourth-order valence-corrected chi connectivity index (χ4v) is 2.62. The first kappa shape index (κ1) is 18.2. The van der Waals surface area contributed by atoms with Gasteiger partial charge >= 0.3 is 0 Å². The number of nitrogens with zero attached hydrogens (tertiary/aromatic N) is 1. The Hall–Kier alpha value is -2.11. The average Bonchev–Trinajstić information content (AvgIpc) is 2.51. The number of carbonyl (C=O) groups is 1. The zero-order valence-electron chi connectivity index (χ0n) is 13.9. The van der Waals surface area contributed by atoms with E-state index in [2.05, 4.69) is 5.32 Å². The van der Waals surface area contributed by atoms with Crippen LogP contribution in [0.15, 0.2) is 47.3 Å². The summed E-state index contributed by atoms with van der Waals surface area (Å²) in [5.74, 6) is -0.551. The van der Waals surface area contributed by atoms with Crippen LogP contribution in [0.4, 0.5) is 0 Å². The van der Waals surface area contributed by atoms with Crippen LogP contribution >= 0.6 is 11.6 Å². The molecule has 0 spiro atoms. The molecule has 0 aliphatic carbocycles. The van der Waals surface area contributed by atoms with Crippen LogP contribution in [-0.4, -0.2) is 21.2 Å². The largest absolute Gasteiger partial charge is 0.378 e. The van der Waals surface area contributed by atoms with E-state index in [9.17, 15) is 14.7 Å². The van der Waals surface area contributed by atoms with Crippen LogP contribution in [0.2, 0.25) is 5.02 Å². The molecule has 0 bridgehead atoms. The van der Waals surface area contributed by atoms with E-state index in [-0.39, 0.29) is 18.1 Å². The molecule has 0 fully saturated rings. The number of benzene rings is 1. The van der Waals surface area contributed by atoms with Gasteiger partial charge in [-0.2, -0.15) is 0 Å². The molecule has 0 unspecified atom stereocenters. The van der Waals surface area contributed by atoms with Crippen LogP contribution in [0, 0.1) is 6.92 Å². The van der Waals surface area contributed by atoms with Crippen LogP contribution in [-0.2, 0) is 11.3 Å². The van der Waals surface area contributed by atoms with E-state index >= 15 is 0 Å². The predicted octanol–water partition coefficient (Wildman–Crippen LogP) is 2.44. The van der Waals surface area contributed by atoms with Crippen molar-refractivity contribution >= 4 is 17.5 Å². The van der Waals surface area contributed by atoms with Gasteiger partial charge in [-0.15, -0.1) is 0 Å². The Morgan fingerprint density at radius 2 is 2.00 bits per heavy atom. The molecule has 0 saturated carbocycles. The summed E-state index contributed by atoms with van der Waals surface area (Å²) in [5.41, 5.74) is -0.466. The monoisotopic (exact) mass is 348 g/mol. The molecular formula is C18H21ClN2O3. The summed E-state index contributed by atoms with van der Waals surface area (Å²) >= 11 is 5.96. The lowest BCUT2D eigenvalue weighted by atomic mass is 10.0. The standard InChI is InChI=1S/C18H21ClN2O3/c1-12-6-4-9-16(22)21(12)11-18(3,24)17(23)20-13(2)14-7-5-8-15(19)10-14/h4-10,13,24H,11H2,1-3H3,(H,20,23)/t13-,18+/m0/s1. The molecule has 128 valence electrons. The van der Waals surface area contributed by atoms with Gasteiger partial charge in [0.25, 0.3) is 11.5 Å².